The minimum Gasteiger partial charge on any atom is -0.369 e. The van der Waals surface area contributed by atoms with Crippen molar-refractivity contribution >= 4 is 28.4 Å². The number of aromatic nitrogens is 4. The second-order valence-electron chi connectivity index (χ2n) is 6.04. The number of carbonyl (C=O) groups excluding carboxylic acids is 1. The maximum atomic E-state index is 11.2. The second-order valence-corrected chi connectivity index (χ2v) is 6.45. The molecular weight excluding hydrogens is 350 g/mol. The smallest absolute Gasteiger partial charge is 0.221 e. The van der Waals surface area contributed by atoms with E-state index in [2.05, 4.69) is 10.1 Å². The van der Waals surface area contributed by atoms with Gasteiger partial charge in [-0.05, 0) is 29.8 Å². The van der Waals surface area contributed by atoms with Gasteiger partial charge in [-0.25, -0.2) is 4.98 Å². The summed E-state index contributed by atoms with van der Waals surface area (Å²) >= 11 is 6.43. The lowest BCUT2D eigenvalue weighted by molar-refractivity contribution is -0.117. The Hall–Kier alpha value is -3.12. The summed E-state index contributed by atoms with van der Waals surface area (Å²) in [4.78, 5) is 15.7. The Morgan fingerprint density at radius 3 is 2.85 bits per heavy atom. The summed E-state index contributed by atoms with van der Waals surface area (Å²) in [5, 5.41) is 6.11. The molecule has 0 aliphatic rings. The van der Waals surface area contributed by atoms with E-state index in [1.54, 1.807) is 10.9 Å². The van der Waals surface area contributed by atoms with Crippen LogP contribution in [-0.2, 0) is 18.3 Å². The van der Waals surface area contributed by atoms with Crippen LogP contribution in [0.15, 0.2) is 54.9 Å². The molecule has 0 radical (unpaired) electrons. The third-order valence-corrected chi connectivity index (χ3v) is 4.56. The van der Waals surface area contributed by atoms with Gasteiger partial charge in [0, 0.05) is 30.5 Å². The van der Waals surface area contributed by atoms with Crippen LogP contribution in [0.1, 0.15) is 5.56 Å². The van der Waals surface area contributed by atoms with Gasteiger partial charge in [-0.1, -0.05) is 29.8 Å². The van der Waals surface area contributed by atoms with Gasteiger partial charge in [0.25, 0.3) is 0 Å². The van der Waals surface area contributed by atoms with Gasteiger partial charge in [0.1, 0.15) is 5.69 Å². The summed E-state index contributed by atoms with van der Waals surface area (Å²) in [7, 11) is 1.88. The standard InChI is InChI=1S/C19H16ClN5O/c1-24-15-7-3-6-14(20)17(15)18(23-24)19-22-8-9-25(19)13-5-2-4-12(10-13)11-16(21)26/h2-10H,11H2,1H3,(H2,21,26). The zero-order valence-electron chi connectivity index (χ0n) is 14.1. The van der Waals surface area contributed by atoms with Crippen molar-refractivity contribution in [1.29, 1.82) is 0 Å². The molecule has 4 aromatic rings. The molecular formula is C19H16ClN5O. The number of nitrogens with zero attached hydrogens (tertiary/aromatic N) is 4. The fraction of sp³-hybridized carbons (Fsp3) is 0.105. The van der Waals surface area contributed by atoms with Crippen molar-refractivity contribution in [3.63, 3.8) is 0 Å². The number of imidazole rings is 1. The van der Waals surface area contributed by atoms with Crippen molar-refractivity contribution < 1.29 is 4.79 Å². The number of hydrogen-bond donors (Lipinski definition) is 1. The van der Waals surface area contributed by atoms with Crippen molar-refractivity contribution in [2.24, 2.45) is 12.8 Å². The Morgan fingerprint density at radius 2 is 2.04 bits per heavy atom. The van der Waals surface area contributed by atoms with Gasteiger partial charge in [-0.3, -0.25) is 14.0 Å². The van der Waals surface area contributed by atoms with Crippen molar-refractivity contribution in [2.45, 2.75) is 6.42 Å². The van der Waals surface area contributed by atoms with E-state index >= 15 is 0 Å². The highest BCUT2D eigenvalue weighted by Crippen LogP contribution is 2.33. The minimum atomic E-state index is -0.365. The number of halogens is 1. The first-order chi connectivity index (χ1) is 12.5. The number of rotatable bonds is 4. The summed E-state index contributed by atoms with van der Waals surface area (Å²) in [6, 6.07) is 13.3. The molecule has 0 spiro atoms. The molecule has 2 N–H and O–H groups in total. The summed E-state index contributed by atoms with van der Waals surface area (Å²) in [6.07, 6.45) is 3.76. The van der Waals surface area contributed by atoms with E-state index in [9.17, 15) is 4.79 Å². The SMILES string of the molecule is Cn1nc(-c2nccn2-c2cccc(CC(N)=O)c2)c2c(Cl)cccc21. The highest BCUT2D eigenvalue weighted by Gasteiger charge is 2.18. The molecule has 0 unspecified atom stereocenters. The molecule has 1 amide bonds. The molecule has 26 heavy (non-hydrogen) atoms. The molecule has 4 rings (SSSR count). The van der Waals surface area contributed by atoms with Crippen LogP contribution in [-0.4, -0.2) is 25.2 Å². The lowest BCUT2D eigenvalue weighted by Crippen LogP contribution is -2.13. The van der Waals surface area contributed by atoms with E-state index in [0.29, 0.717) is 16.5 Å². The number of primary amides is 1. The molecule has 2 aromatic heterocycles. The molecule has 7 heteroatoms. The first-order valence-corrected chi connectivity index (χ1v) is 8.45. The molecule has 0 saturated heterocycles. The van der Waals surface area contributed by atoms with Gasteiger partial charge in [0.05, 0.1) is 17.0 Å². The molecule has 0 bridgehead atoms. The molecule has 2 aromatic carbocycles. The van der Waals surface area contributed by atoms with Crippen LogP contribution in [0, 0.1) is 0 Å². The monoisotopic (exact) mass is 365 g/mol. The fourth-order valence-electron chi connectivity index (χ4n) is 3.13. The highest BCUT2D eigenvalue weighted by molar-refractivity contribution is 6.36. The van der Waals surface area contributed by atoms with E-state index in [4.69, 9.17) is 17.3 Å². The molecule has 0 saturated carbocycles. The maximum absolute atomic E-state index is 11.2. The van der Waals surface area contributed by atoms with Crippen molar-refractivity contribution in [1.82, 2.24) is 19.3 Å². The number of carbonyl (C=O) groups is 1. The summed E-state index contributed by atoms with van der Waals surface area (Å²) in [5.41, 5.74) is 8.67. The van der Waals surface area contributed by atoms with Gasteiger partial charge in [0.2, 0.25) is 5.91 Å². The van der Waals surface area contributed by atoms with Crippen LogP contribution in [0.25, 0.3) is 28.1 Å². The zero-order valence-corrected chi connectivity index (χ0v) is 14.8. The average Bonchev–Trinajstić information content (AvgIpc) is 3.20. The lowest BCUT2D eigenvalue weighted by atomic mass is 10.1. The van der Waals surface area contributed by atoms with Crippen LogP contribution < -0.4 is 5.73 Å². The Morgan fingerprint density at radius 1 is 1.23 bits per heavy atom. The predicted octanol–water partition coefficient (Wildman–Crippen LogP) is 3.11. The van der Waals surface area contributed by atoms with Crippen molar-refractivity contribution in [2.75, 3.05) is 0 Å². The summed E-state index contributed by atoms with van der Waals surface area (Å²) < 4.78 is 3.72. The molecule has 0 aliphatic heterocycles. The lowest BCUT2D eigenvalue weighted by Gasteiger charge is -2.08. The number of benzene rings is 2. The fourth-order valence-corrected chi connectivity index (χ4v) is 3.39. The number of aryl methyl sites for hydroxylation is 1. The molecule has 2 heterocycles. The summed E-state index contributed by atoms with van der Waals surface area (Å²) in [6.45, 7) is 0. The van der Waals surface area contributed by atoms with E-state index in [1.807, 2.05) is 60.3 Å². The van der Waals surface area contributed by atoms with Crippen LogP contribution in [0.5, 0.6) is 0 Å². The highest BCUT2D eigenvalue weighted by atomic mass is 35.5. The average molecular weight is 366 g/mol. The molecule has 6 nitrogen and oxygen atoms in total. The topological polar surface area (TPSA) is 78.7 Å². The van der Waals surface area contributed by atoms with Gasteiger partial charge in [0.15, 0.2) is 5.82 Å². The maximum Gasteiger partial charge on any atom is 0.221 e. The molecule has 0 aliphatic carbocycles. The number of fused-ring (bicyclic) bond motifs is 1. The Labute approximate surface area is 154 Å². The van der Waals surface area contributed by atoms with Crippen LogP contribution in [0.3, 0.4) is 0 Å². The second kappa shape index (κ2) is 6.31. The third-order valence-electron chi connectivity index (χ3n) is 4.25. The molecule has 0 fully saturated rings. The van der Waals surface area contributed by atoms with Crippen molar-refractivity contribution in [3.8, 4) is 17.2 Å². The largest absolute Gasteiger partial charge is 0.369 e. The Bertz CT molecular complexity index is 1130. The molecule has 130 valence electrons. The van der Waals surface area contributed by atoms with Gasteiger partial charge >= 0.3 is 0 Å². The Kier molecular flexibility index (Phi) is 3.97. The summed E-state index contributed by atoms with van der Waals surface area (Å²) in [5.74, 6) is 0.315. The number of hydrogen-bond acceptors (Lipinski definition) is 3. The third kappa shape index (κ3) is 2.74. The van der Waals surface area contributed by atoms with Gasteiger partial charge in [-0.15, -0.1) is 0 Å². The number of amides is 1. The first-order valence-electron chi connectivity index (χ1n) is 8.07. The van der Waals surface area contributed by atoms with Crippen LogP contribution >= 0.6 is 11.6 Å². The van der Waals surface area contributed by atoms with E-state index in [-0.39, 0.29) is 12.3 Å². The van der Waals surface area contributed by atoms with E-state index in [0.717, 1.165) is 22.2 Å². The van der Waals surface area contributed by atoms with E-state index in [1.165, 1.54) is 0 Å². The van der Waals surface area contributed by atoms with Crippen LogP contribution in [0.4, 0.5) is 0 Å². The van der Waals surface area contributed by atoms with E-state index < -0.39 is 0 Å². The van der Waals surface area contributed by atoms with Crippen LogP contribution in [0.2, 0.25) is 5.02 Å². The predicted molar refractivity (Wildman–Crippen MR) is 101 cm³/mol. The number of nitrogens with two attached hydrogens (primary N) is 1. The first kappa shape index (κ1) is 16.4. The minimum absolute atomic E-state index is 0.191. The normalized spacial score (nSPS) is 11.2. The quantitative estimate of drug-likeness (QED) is 0.603. The van der Waals surface area contributed by atoms with Crippen molar-refractivity contribution in [3.05, 3.63) is 65.4 Å². The van der Waals surface area contributed by atoms with Gasteiger partial charge in [-0.2, -0.15) is 5.10 Å². The van der Waals surface area contributed by atoms with Gasteiger partial charge < -0.3 is 5.73 Å². The zero-order chi connectivity index (χ0) is 18.3. The molecule has 0 atom stereocenters. The Balaban J connectivity index is 1.88.